The molecule has 0 aliphatic heterocycles. The topological polar surface area (TPSA) is 53.1 Å². The second-order valence-corrected chi connectivity index (χ2v) is 4.49. The van der Waals surface area contributed by atoms with Crippen LogP contribution >= 0.6 is 12.2 Å². The molecule has 0 saturated carbocycles. The second kappa shape index (κ2) is 5.79. The molecule has 0 fully saturated rings. The third-order valence-corrected chi connectivity index (χ3v) is 2.99. The van der Waals surface area contributed by atoms with Crippen LogP contribution in [0.2, 0.25) is 0 Å². The van der Waals surface area contributed by atoms with Crippen LogP contribution in [0.15, 0.2) is 30.5 Å². The molecule has 100 valence electrons. The molecule has 0 aliphatic carbocycles. The van der Waals surface area contributed by atoms with Crippen molar-refractivity contribution in [3.05, 3.63) is 47.5 Å². The van der Waals surface area contributed by atoms with Crippen LogP contribution in [-0.4, -0.2) is 21.4 Å². The number of hydrogen-bond donors (Lipinski definition) is 1. The zero-order valence-corrected chi connectivity index (χ0v) is 11.3. The molecular formula is C13H14FN3OS. The Balaban J connectivity index is 1.96. The zero-order chi connectivity index (χ0) is 13.8. The molecule has 0 bridgehead atoms. The SMILES string of the molecule is Cn1nccc1CCOc1ccc(C(N)=S)cc1F. The van der Waals surface area contributed by atoms with Gasteiger partial charge in [-0.2, -0.15) is 5.10 Å². The van der Waals surface area contributed by atoms with Gasteiger partial charge < -0.3 is 10.5 Å². The summed E-state index contributed by atoms with van der Waals surface area (Å²) < 4.78 is 20.9. The molecule has 0 atom stereocenters. The average Bonchev–Trinajstić information content (AvgIpc) is 2.77. The van der Waals surface area contributed by atoms with E-state index in [1.807, 2.05) is 13.1 Å². The van der Waals surface area contributed by atoms with Crippen molar-refractivity contribution in [2.45, 2.75) is 6.42 Å². The minimum Gasteiger partial charge on any atom is -0.490 e. The number of ether oxygens (including phenoxy) is 1. The molecule has 0 spiro atoms. The highest BCUT2D eigenvalue weighted by Gasteiger charge is 2.07. The van der Waals surface area contributed by atoms with E-state index >= 15 is 0 Å². The Hall–Kier alpha value is -1.95. The molecule has 0 amide bonds. The third kappa shape index (κ3) is 3.29. The predicted octanol–water partition coefficient (Wildman–Crippen LogP) is 1.81. The lowest BCUT2D eigenvalue weighted by molar-refractivity contribution is 0.302. The van der Waals surface area contributed by atoms with Crippen LogP contribution in [-0.2, 0) is 13.5 Å². The Morgan fingerprint density at radius 2 is 2.26 bits per heavy atom. The van der Waals surface area contributed by atoms with Crippen LogP contribution in [0.1, 0.15) is 11.3 Å². The molecule has 1 aromatic heterocycles. The molecular weight excluding hydrogens is 265 g/mol. The number of rotatable bonds is 5. The van der Waals surface area contributed by atoms with Crippen LogP contribution in [0.5, 0.6) is 5.75 Å². The molecule has 6 heteroatoms. The Labute approximate surface area is 116 Å². The second-order valence-electron chi connectivity index (χ2n) is 4.05. The minimum absolute atomic E-state index is 0.167. The van der Waals surface area contributed by atoms with E-state index < -0.39 is 5.82 Å². The lowest BCUT2D eigenvalue weighted by atomic mass is 10.2. The van der Waals surface area contributed by atoms with Crippen molar-refractivity contribution >= 4 is 17.2 Å². The van der Waals surface area contributed by atoms with Crippen molar-refractivity contribution in [2.75, 3.05) is 6.61 Å². The number of halogens is 1. The first-order valence-corrected chi connectivity index (χ1v) is 6.18. The summed E-state index contributed by atoms with van der Waals surface area (Å²) in [5.74, 6) is -0.266. The Kier molecular flexibility index (Phi) is 4.11. The number of aryl methyl sites for hydroxylation is 1. The van der Waals surface area contributed by atoms with Gasteiger partial charge in [-0.05, 0) is 24.3 Å². The maximum Gasteiger partial charge on any atom is 0.165 e. The monoisotopic (exact) mass is 279 g/mol. The Morgan fingerprint density at radius 3 is 2.84 bits per heavy atom. The molecule has 4 nitrogen and oxygen atoms in total. The molecule has 2 N–H and O–H groups in total. The van der Waals surface area contributed by atoms with E-state index in [4.69, 9.17) is 22.7 Å². The first-order chi connectivity index (χ1) is 9.08. The first kappa shape index (κ1) is 13.5. The van der Waals surface area contributed by atoms with Crippen molar-refractivity contribution in [2.24, 2.45) is 12.8 Å². The molecule has 2 aromatic rings. The maximum absolute atomic E-state index is 13.7. The van der Waals surface area contributed by atoms with Gasteiger partial charge in [0.05, 0.1) is 6.61 Å². The highest BCUT2D eigenvalue weighted by atomic mass is 32.1. The van der Waals surface area contributed by atoms with E-state index in [1.54, 1.807) is 16.9 Å². The molecule has 0 radical (unpaired) electrons. The standard InChI is InChI=1S/C13H14FN3OS/c1-17-10(4-6-16-17)5-7-18-12-3-2-9(13(15)19)8-11(12)14/h2-4,6,8H,5,7H2,1H3,(H2,15,19). The summed E-state index contributed by atoms with van der Waals surface area (Å²) in [6.07, 6.45) is 2.37. The van der Waals surface area contributed by atoms with Crippen molar-refractivity contribution < 1.29 is 9.13 Å². The third-order valence-electron chi connectivity index (χ3n) is 2.75. The largest absolute Gasteiger partial charge is 0.490 e. The number of hydrogen-bond acceptors (Lipinski definition) is 3. The summed E-state index contributed by atoms with van der Waals surface area (Å²) >= 11 is 4.78. The lowest BCUT2D eigenvalue weighted by Crippen LogP contribution is -2.10. The van der Waals surface area contributed by atoms with E-state index in [1.165, 1.54) is 12.1 Å². The number of nitrogens with two attached hydrogens (primary N) is 1. The van der Waals surface area contributed by atoms with Crippen molar-refractivity contribution in [3.8, 4) is 5.75 Å². The fourth-order valence-corrected chi connectivity index (χ4v) is 1.81. The van der Waals surface area contributed by atoms with Gasteiger partial charge in [0, 0.05) is 30.9 Å². The van der Waals surface area contributed by atoms with E-state index in [0.717, 1.165) is 5.69 Å². The van der Waals surface area contributed by atoms with Gasteiger partial charge in [-0.25, -0.2) is 4.39 Å². The predicted molar refractivity (Wildman–Crippen MR) is 74.7 cm³/mol. The van der Waals surface area contributed by atoms with E-state index in [-0.39, 0.29) is 10.7 Å². The molecule has 0 saturated heterocycles. The van der Waals surface area contributed by atoms with Gasteiger partial charge in [0.2, 0.25) is 0 Å². The number of benzene rings is 1. The van der Waals surface area contributed by atoms with Crippen LogP contribution in [0.3, 0.4) is 0 Å². The van der Waals surface area contributed by atoms with Crippen molar-refractivity contribution in [1.82, 2.24) is 9.78 Å². The highest BCUT2D eigenvalue weighted by molar-refractivity contribution is 7.80. The summed E-state index contributed by atoms with van der Waals surface area (Å²) in [6.45, 7) is 0.378. The summed E-state index contributed by atoms with van der Waals surface area (Å²) in [4.78, 5) is 0.167. The quantitative estimate of drug-likeness (QED) is 0.848. The normalized spacial score (nSPS) is 10.4. The maximum atomic E-state index is 13.7. The first-order valence-electron chi connectivity index (χ1n) is 5.77. The van der Waals surface area contributed by atoms with E-state index in [9.17, 15) is 4.39 Å². The molecule has 0 aliphatic rings. The average molecular weight is 279 g/mol. The zero-order valence-electron chi connectivity index (χ0n) is 10.5. The Bertz CT molecular complexity index is 597. The summed E-state index contributed by atoms with van der Waals surface area (Å²) in [6, 6.07) is 6.36. The van der Waals surface area contributed by atoms with Crippen molar-refractivity contribution in [1.29, 1.82) is 0 Å². The van der Waals surface area contributed by atoms with Gasteiger partial charge in [0.25, 0.3) is 0 Å². The molecule has 1 aromatic carbocycles. The van der Waals surface area contributed by atoms with Gasteiger partial charge in [-0.3, -0.25) is 4.68 Å². The van der Waals surface area contributed by atoms with Gasteiger partial charge in [0.15, 0.2) is 11.6 Å². The molecule has 1 heterocycles. The number of aromatic nitrogens is 2. The fourth-order valence-electron chi connectivity index (χ4n) is 1.68. The molecule has 0 unspecified atom stereocenters. The fraction of sp³-hybridized carbons (Fsp3) is 0.231. The molecule has 19 heavy (non-hydrogen) atoms. The molecule has 2 rings (SSSR count). The summed E-state index contributed by atoms with van der Waals surface area (Å²) in [7, 11) is 1.85. The summed E-state index contributed by atoms with van der Waals surface area (Å²) in [5, 5.41) is 4.05. The number of thiocarbonyl (C=S) groups is 1. The van der Waals surface area contributed by atoms with E-state index in [0.29, 0.717) is 18.6 Å². The van der Waals surface area contributed by atoms with E-state index in [2.05, 4.69) is 5.10 Å². The van der Waals surface area contributed by atoms with Gasteiger partial charge in [-0.15, -0.1) is 0 Å². The van der Waals surface area contributed by atoms with Gasteiger partial charge >= 0.3 is 0 Å². The van der Waals surface area contributed by atoms with Crippen LogP contribution in [0, 0.1) is 5.82 Å². The smallest absolute Gasteiger partial charge is 0.165 e. The van der Waals surface area contributed by atoms with Crippen LogP contribution < -0.4 is 10.5 Å². The van der Waals surface area contributed by atoms with Gasteiger partial charge in [-0.1, -0.05) is 12.2 Å². The van der Waals surface area contributed by atoms with Gasteiger partial charge in [0.1, 0.15) is 4.99 Å². The van der Waals surface area contributed by atoms with Crippen molar-refractivity contribution in [3.63, 3.8) is 0 Å². The summed E-state index contributed by atoms with van der Waals surface area (Å²) in [5.41, 5.74) is 6.95. The van der Waals surface area contributed by atoms with Crippen LogP contribution in [0.4, 0.5) is 4.39 Å². The minimum atomic E-state index is -0.463. The lowest BCUT2D eigenvalue weighted by Gasteiger charge is -2.08. The van der Waals surface area contributed by atoms with Crippen LogP contribution in [0.25, 0.3) is 0 Å². The Morgan fingerprint density at radius 1 is 1.47 bits per heavy atom. The number of nitrogens with zero attached hydrogens (tertiary/aromatic N) is 2. The highest BCUT2D eigenvalue weighted by Crippen LogP contribution is 2.18.